The molecular weight excluding hydrogens is 216 g/mol. The van der Waals surface area contributed by atoms with E-state index in [9.17, 15) is 4.79 Å². The summed E-state index contributed by atoms with van der Waals surface area (Å²) in [6.07, 6.45) is -0.0605. The van der Waals surface area contributed by atoms with E-state index >= 15 is 0 Å². The molecule has 0 amide bonds. The molecule has 0 saturated heterocycles. The number of Topliss-reactive ketones (excluding diaryl/α,β-unsaturated/α-hetero) is 1. The molecule has 17 heavy (non-hydrogen) atoms. The van der Waals surface area contributed by atoms with Gasteiger partial charge in [-0.3, -0.25) is 4.79 Å². The van der Waals surface area contributed by atoms with Crippen LogP contribution >= 0.6 is 0 Å². The lowest BCUT2D eigenvalue weighted by Gasteiger charge is -2.12. The fourth-order valence-corrected chi connectivity index (χ4v) is 1.70. The Morgan fingerprint density at radius 2 is 2.06 bits per heavy atom. The van der Waals surface area contributed by atoms with E-state index < -0.39 is 0 Å². The van der Waals surface area contributed by atoms with Crippen molar-refractivity contribution < 1.29 is 14.3 Å². The van der Waals surface area contributed by atoms with Gasteiger partial charge in [-0.05, 0) is 26.3 Å². The fourth-order valence-electron chi connectivity index (χ4n) is 1.70. The molecule has 1 rings (SSSR count). The molecule has 3 heteroatoms. The number of ether oxygens (including phenoxy) is 2. The zero-order valence-corrected chi connectivity index (χ0v) is 10.9. The molecule has 1 unspecified atom stereocenters. The van der Waals surface area contributed by atoms with Crippen LogP contribution in [0.15, 0.2) is 18.2 Å². The zero-order valence-electron chi connectivity index (χ0n) is 10.9. The third-order valence-electron chi connectivity index (χ3n) is 2.58. The Kier molecular flexibility index (Phi) is 5.32. The van der Waals surface area contributed by atoms with E-state index in [-0.39, 0.29) is 18.5 Å². The number of benzene rings is 1. The van der Waals surface area contributed by atoms with Gasteiger partial charge in [0.1, 0.15) is 6.61 Å². The number of methoxy groups -OCH3 is 1. The summed E-state index contributed by atoms with van der Waals surface area (Å²) in [4.78, 5) is 11.9. The second-order valence-electron chi connectivity index (χ2n) is 4.32. The van der Waals surface area contributed by atoms with E-state index in [1.54, 1.807) is 7.11 Å². The first-order valence-corrected chi connectivity index (χ1v) is 5.75. The number of hydrogen-bond acceptors (Lipinski definition) is 3. The minimum atomic E-state index is -0.0605. The van der Waals surface area contributed by atoms with E-state index in [4.69, 9.17) is 9.47 Å². The predicted octanol–water partition coefficient (Wildman–Crippen LogP) is 2.54. The molecule has 1 aromatic carbocycles. The van der Waals surface area contributed by atoms with E-state index in [1.807, 2.05) is 39.0 Å². The third kappa shape index (κ3) is 4.29. The first-order valence-electron chi connectivity index (χ1n) is 5.75. The second-order valence-corrected chi connectivity index (χ2v) is 4.32. The first kappa shape index (κ1) is 13.9. The molecule has 0 spiro atoms. The molecule has 0 N–H and O–H groups in total. The number of rotatable bonds is 6. The third-order valence-corrected chi connectivity index (χ3v) is 2.58. The summed E-state index contributed by atoms with van der Waals surface area (Å²) in [6, 6.07) is 5.81. The van der Waals surface area contributed by atoms with Crippen LogP contribution in [-0.2, 0) is 9.47 Å². The van der Waals surface area contributed by atoms with Gasteiger partial charge in [0.25, 0.3) is 0 Å². The fraction of sp³-hybridized carbons (Fsp3) is 0.500. The Morgan fingerprint density at radius 1 is 1.35 bits per heavy atom. The molecule has 1 aromatic rings. The van der Waals surface area contributed by atoms with Gasteiger partial charge < -0.3 is 9.47 Å². The first-order chi connectivity index (χ1) is 8.04. The average Bonchev–Trinajstić information content (AvgIpc) is 2.26. The molecule has 3 nitrogen and oxygen atoms in total. The maximum Gasteiger partial charge on any atom is 0.188 e. The summed E-state index contributed by atoms with van der Waals surface area (Å²) < 4.78 is 10.4. The summed E-state index contributed by atoms with van der Waals surface area (Å²) >= 11 is 0. The number of hydrogen-bond donors (Lipinski definition) is 0. The number of ketones is 1. The minimum Gasteiger partial charge on any atom is -0.382 e. The molecule has 1 atom stereocenters. The molecule has 0 fully saturated rings. The molecule has 0 saturated carbocycles. The average molecular weight is 236 g/mol. The maximum atomic E-state index is 11.9. The summed E-state index contributed by atoms with van der Waals surface area (Å²) in [5.41, 5.74) is 2.89. The number of carbonyl (C=O) groups excluding carboxylic acids is 1. The van der Waals surface area contributed by atoms with Gasteiger partial charge in [0.15, 0.2) is 5.78 Å². The van der Waals surface area contributed by atoms with Crippen molar-refractivity contribution in [3.8, 4) is 0 Å². The van der Waals surface area contributed by atoms with Crippen molar-refractivity contribution in [3.05, 3.63) is 34.9 Å². The summed E-state index contributed by atoms with van der Waals surface area (Å²) in [5, 5.41) is 0. The van der Waals surface area contributed by atoms with Crippen LogP contribution in [0.4, 0.5) is 0 Å². The molecule has 0 bridgehead atoms. The molecule has 0 aliphatic heterocycles. The predicted molar refractivity (Wildman–Crippen MR) is 67.5 cm³/mol. The zero-order chi connectivity index (χ0) is 12.8. The van der Waals surface area contributed by atoms with Crippen LogP contribution in [-0.4, -0.2) is 32.2 Å². The maximum absolute atomic E-state index is 11.9. The molecule has 0 heterocycles. The van der Waals surface area contributed by atoms with E-state index in [1.165, 1.54) is 0 Å². The number of carbonyl (C=O) groups is 1. The SMILES string of the molecule is COCC(C)OCC(=O)c1ccc(C)cc1C. The van der Waals surface area contributed by atoms with Crippen LogP contribution < -0.4 is 0 Å². The van der Waals surface area contributed by atoms with Crippen molar-refractivity contribution in [1.29, 1.82) is 0 Å². The standard InChI is InChI=1S/C14H20O3/c1-10-5-6-13(11(2)7-10)14(15)9-17-12(3)8-16-4/h5-7,12H,8-9H2,1-4H3. The summed E-state index contributed by atoms with van der Waals surface area (Å²) in [6.45, 7) is 6.45. The lowest BCUT2D eigenvalue weighted by atomic mass is 10.0. The quantitative estimate of drug-likeness (QED) is 0.712. The van der Waals surface area contributed by atoms with Crippen molar-refractivity contribution in [3.63, 3.8) is 0 Å². The Balaban J connectivity index is 2.58. The smallest absolute Gasteiger partial charge is 0.188 e. The van der Waals surface area contributed by atoms with E-state index in [0.29, 0.717) is 6.61 Å². The van der Waals surface area contributed by atoms with Crippen LogP contribution in [0, 0.1) is 13.8 Å². The lowest BCUT2D eigenvalue weighted by Crippen LogP contribution is -2.20. The Bertz CT molecular complexity index is 385. The molecule has 0 radical (unpaired) electrons. The van der Waals surface area contributed by atoms with Crippen molar-refractivity contribution in [2.45, 2.75) is 26.9 Å². The van der Waals surface area contributed by atoms with Crippen molar-refractivity contribution >= 4 is 5.78 Å². The number of aryl methyl sites for hydroxylation is 2. The van der Waals surface area contributed by atoms with Crippen LogP contribution in [0.2, 0.25) is 0 Å². The monoisotopic (exact) mass is 236 g/mol. The van der Waals surface area contributed by atoms with Crippen molar-refractivity contribution in [2.24, 2.45) is 0 Å². The van der Waals surface area contributed by atoms with Gasteiger partial charge in [0.2, 0.25) is 0 Å². The van der Waals surface area contributed by atoms with Crippen molar-refractivity contribution in [1.82, 2.24) is 0 Å². The summed E-state index contributed by atoms with van der Waals surface area (Å²) in [7, 11) is 1.62. The van der Waals surface area contributed by atoms with Crippen molar-refractivity contribution in [2.75, 3.05) is 20.3 Å². The van der Waals surface area contributed by atoms with E-state index in [2.05, 4.69) is 0 Å². The van der Waals surface area contributed by atoms with Crippen LogP contribution in [0.3, 0.4) is 0 Å². The molecule has 0 aromatic heterocycles. The highest BCUT2D eigenvalue weighted by atomic mass is 16.5. The molecular formula is C14H20O3. The highest BCUT2D eigenvalue weighted by Crippen LogP contribution is 2.11. The van der Waals surface area contributed by atoms with Gasteiger partial charge in [-0.1, -0.05) is 23.8 Å². The van der Waals surface area contributed by atoms with Gasteiger partial charge >= 0.3 is 0 Å². The largest absolute Gasteiger partial charge is 0.382 e. The highest BCUT2D eigenvalue weighted by molar-refractivity contribution is 5.98. The summed E-state index contributed by atoms with van der Waals surface area (Å²) in [5.74, 6) is 0.0189. The van der Waals surface area contributed by atoms with Crippen LogP contribution in [0.1, 0.15) is 28.4 Å². The highest BCUT2D eigenvalue weighted by Gasteiger charge is 2.11. The van der Waals surface area contributed by atoms with Crippen LogP contribution in [0.25, 0.3) is 0 Å². The van der Waals surface area contributed by atoms with Gasteiger partial charge in [-0.15, -0.1) is 0 Å². The van der Waals surface area contributed by atoms with E-state index in [0.717, 1.165) is 16.7 Å². The molecule has 94 valence electrons. The minimum absolute atomic E-state index is 0.0189. The van der Waals surface area contributed by atoms with Crippen LogP contribution in [0.5, 0.6) is 0 Å². The van der Waals surface area contributed by atoms with Gasteiger partial charge in [-0.25, -0.2) is 0 Å². The Morgan fingerprint density at radius 3 is 2.65 bits per heavy atom. The molecule has 0 aliphatic carbocycles. The molecule has 0 aliphatic rings. The topological polar surface area (TPSA) is 35.5 Å². The normalized spacial score (nSPS) is 12.5. The Hall–Kier alpha value is -1.19. The van der Waals surface area contributed by atoms with Gasteiger partial charge in [0, 0.05) is 12.7 Å². The second kappa shape index (κ2) is 6.52. The van der Waals surface area contributed by atoms with Gasteiger partial charge in [0.05, 0.1) is 12.7 Å². The lowest BCUT2D eigenvalue weighted by molar-refractivity contribution is 0.0125. The van der Waals surface area contributed by atoms with Gasteiger partial charge in [-0.2, -0.15) is 0 Å². The Labute approximate surface area is 103 Å².